The van der Waals surface area contributed by atoms with Crippen molar-refractivity contribution in [2.75, 3.05) is 20.1 Å². The number of likely N-dealkylation sites (N-methyl/N-ethyl adjacent to an activating group) is 1. The summed E-state index contributed by atoms with van der Waals surface area (Å²) in [7, 11) is 1.77. The lowest BCUT2D eigenvalue weighted by Gasteiger charge is -2.33. The van der Waals surface area contributed by atoms with Gasteiger partial charge < -0.3 is 15.3 Å². The van der Waals surface area contributed by atoms with Crippen LogP contribution in [-0.4, -0.2) is 47.7 Å². The van der Waals surface area contributed by atoms with E-state index in [1.807, 2.05) is 0 Å². The van der Waals surface area contributed by atoms with Gasteiger partial charge in [0.05, 0.1) is 11.6 Å². The number of carbonyl (C=O) groups excluding carboxylic acids is 1. The Hall–Kier alpha value is -0.610. The highest BCUT2D eigenvalue weighted by Gasteiger charge is 2.41. The van der Waals surface area contributed by atoms with Gasteiger partial charge in [-0.1, -0.05) is 13.3 Å². The molecule has 1 aliphatic heterocycles. The molecule has 2 atom stereocenters. The van der Waals surface area contributed by atoms with Crippen LogP contribution in [0.1, 0.15) is 39.5 Å². The van der Waals surface area contributed by atoms with E-state index in [0.717, 1.165) is 32.2 Å². The third-order valence-corrected chi connectivity index (χ3v) is 3.21. The molecule has 1 aliphatic rings. The Kier molecular flexibility index (Phi) is 4.74. The van der Waals surface area contributed by atoms with Gasteiger partial charge in [-0.25, -0.2) is 0 Å². The Bertz CT molecular complexity index is 235. The Morgan fingerprint density at radius 2 is 2.31 bits per heavy atom. The largest absolute Gasteiger partial charge is 0.392 e. The molecule has 4 nitrogen and oxygen atoms in total. The summed E-state index contributed by atoms with van der Waals surface area (Å²) in [6.45, 7) is 5.14. The molecule has 1 saturated heterocycles. The molecule has 0 radical (unpaired) electrons. The van der Waals surface area contributed by atoms with Gasteiger partial charge in [-0.05, 0) is 32.7 Å². The minimum absolute atomic E-state index is 0.132. The van der Waals surface area contributed by atoms with Crippen LogP contribution < -0.4 is 5.32 Å². The van der Waals surface area contributed by atoms with Crippen LogP contribution >= 0.6 is 0 Å². The molecule has 16 heavy (non-hydrogen) atoms. The van der Waals surface area contributed by atoms with Gasteiger partial charge >= 0.3 is 0 Å². The Morgan fingerprint density at radius 1 is 1.62 bits per heavy atom. The zero-order chi connectivity index (χ0) is 12.2. The van der Waals surface area contributed by atoms with E-state index in [1.165, 1.54) is 0 Å². The summed E-state index contributed by atoms with van der Waals surface area (Å²) < 4.78 is 0. The second kappa shape index (κ2) is 5.64. The lowest BCUT2D eigenvalue weighted by molar-refractivity contribution is -0.138. The topological polar surface area (TPSA) is 52.6 Å². The van der Waals surface area contributed by atoms with Crippen molar-refractivity contribution in [1.29, 1.82) is 0 Å². The molecule has 1 fully saturated rings. The molecule has 4 heteroatoms. The van der Waals surface area contributed by atoms with E-state index in [4.69, 9.17) is 0 Å². The number of nitrogens with zero attached hydrogens (tertiary/aromatic N) is 1. The number of nitrogens with one attached hydrogen (secondary N) is 1. The summed E-state index contributed by atoms with van der Waals surface area (Å²) in [5, 5.41) is 12.7. The third kappa shape index (κ3) is 2.95. The first-order valence-corrected chi connectivity index (χ1v) is 6.20. The van der Waals surface area contributed by atoms with Crippen molar-refractivity contribution in [2.45, 2.75) is 51.2 Å². The first-order chi connectivity index (χ1) is 7.52. The number of amides is 1. The van der Waals surface area contributed by atoms with Crippen molar-refractivity contribution in [2.24, 2.45) is 0 Å². The van der Waals surface area contributed by atoms with Gasteiger partial charge in [0.2, 0.25) is 5.91 Å². The maximum absolute atomic E-state index is 12.3. The van der Waals surface area contributed by atoms with Gasteiger partial charge in [0.1, 0.15) is 0 Å². The summed E-state index contributed by atoms with van der Waals surface area (Å²) >= 11 is 0. The lowest BCUT2D eigenvalue weighted by Crippen LogP contribution is -2.54. The van der Waals surface area contributed by atoms with Gasteiger partial charge in [0.25, 0.3) is 0 Å². The van der Waals surface area contributed by atoms with Gasteiger partial charge in [-0.15, -0.1) is 0 Å². The number of carbonyl (C=O) groups is 1. The van der Waals surface area contributed by atoms with Gasteiger partial charge in [-0.2, -0.15) is 0 Å². The van der Waals surface area contributed by atoms with Crippen molar-refractivity contribution in [3.8, 4) is 0 Å². The molecular formula is C12H24N2O2. The predicted molar refractivity (Wildman–Crippen MR) is 64.2 cm³/mol. The van der Waals surface area contributed by atoms with Gasteiger partial charge in [0, 0.05) is 13.6 Å². The average molecular weight is 228 g/mol. The van der Waals surface area contributed by atoms with E-state index in [0.29, 0.717) is 6.54 Å². The fourth-order valence-corrected chi connectivity index (χ4v) is 2.58. The van der Waals surface area contributed by atoms with Gasteiger partial charge in [0.15, 0.2) is 0 Å². The molecule has 0 bridgehead atoms. The smallest absolute Gasteiger partial charge is 0.242 e. The lowest BCUT2D eigenvalue weighted by atomic mass is 9.90. The molecule has 94 valence electrons. The molecule has 1 rings (SSSR count). The molecule has 2 N–H and O–H groups in total. The summed E-state index contributed by atoms with van der Waals surface area (Å²) in [6.07, 6.45) is 3.41. The first kappa shape index (κ1) is 13.5. The van der Waals surface area contributed by atoms with Crippen LogP contribution in [0.2, 0.25) is 0 Å². The fraction of sp³-hybridized carbons (Fsp3) is 0.917. The van der Waals surface area contributed by atoms with Gasteiger partial charge in [-0.3, -0.25) is 4.79 Å². The van der Waals surface area contributed by atoms with Crippen LogP contribution in [0.25, 0.3) is 0 Å². The zero-order valence-corrected chi connectivity index (χ0v) is 10.6. The normalized spacial score (nSPS) is 26.8. The molecule has 2 unspecified atom stereocenters. The SMILES string of the molecule is CCCC1(C(=O)N(C)CC(C)O)CCCN1. The highest BCUT2D eigenvalue weighted by atomic mass is 16.3. The number of aliphatic hydroxyl groups excluding tert-OH is 1. The third-order valence-electron chi connectivity index (χ3n) is 3.21. The van der Waals surface area contributed by atoms with Crippen molar-refractivity contribution in [3.05, 3.63) is 0 Å². The minimum Gasteiger partial charge on any atom is -0.392 e. The monoisotopic (exact) mass is 228 g/mol. The minimum atomic E-state index is -0.464. The standard InChI is InChI=1S/C12H24N2O2/c1-4-6-12(7-5-8-13-12)11(16)14(3)9-10(2)15/h10,13,15H,4-9H2,1-3H3. The Labute approximate surface area is 98.0 Å². The maximum Gasteiger partial charge on any atom is 0.242 e. The average Bonchev–Trinajstić information content (AvgIpc) is 2.66. The van der Waals surface area contributed by atoms with E-state index in [-0.39, 0.29) is 11.4 Å². The molecule has 1 heterocycles. The van der Waals surface area contributed by atoms with Crippen LogP contribution in [0, 0.1) is 0 Å². The van der Waals surface area contributed by atoms with E-state index in [2.05, 4.69) is 12.2 Å². The number of hydrogen-bond acceptors (Lipinski definition) is 3. The summed E-state index contributed by atoms with van der Waals surface area (Å²) in [4.78, 5) is 14.0. The van der Waals surface area contributed by atoms with Crippen molar-refractivity contribution in [1.82, 2.24) is 10.2 Å². The van der Waals surface area contributed by atoms with Crippen LogP contribution in [-0.2, 0) is 4.79 Å². The Balaban J connectivity index is 2.67. The molecule has 0 aromatic rings. The first-order valence-electron chi connectivity index (χ1n) is 6.20. The highest BCUT2D eigenvalue weighted by Crippen LogP contribution is 2.26. The van der Waals surface area contributed by atoms with Crippen molar-refractivity contribution in [3.63, 3.8) is 0 Å². The second-order valence-electron chi connectivity index (χ2n) is 4.90. The van der Waals surface area contributed by atoms with Crippen LogP contribution in [0.3, 0.4) is 0 Å². The van der Waals surface area contributed by atoms with E-state index in [9.17, 15) is 9.90 Å². The molecule has 0 spiro atoms. The van der Waals surface area contributed by atoms with Crippen LogP contribution in [0.4, 0.5) is 0 Å². The van der Waals surface area contributed by atoms with Crippen LogP contribution in [0.5, 0.6) is 0 Å². The molecular weight excluding hydrogens is 204 g/mol. The molecule has 1 amide bonds. The van der Waals surface area contributed by atoms with Crippen LogP contribution in [0.15, 0.2) is 0 Å². The number of aliphatic hydroxyl groups is 1. The molecule has 0 aromatic carbocycles. The highest BCUT2D eigenvalue weighted by molar-refractivity contribution is 5.86. The number of rotatable bonds is 5. The molecule has 0 aromatic heterocycles. The fourth-order valence-electron chi connectivity index (χ4n) is 2.58. The Morgan fingerprint density at radius 3 is 2.75 bits per heavy atom. The van der Waals surface area contributed by atoms with Crippen molar-refractivity contribution >= 4 is 5.91 Å². The number of hydrogen-bond donors (Lipinski definition) is 2. The summed E-state index contributed by atoms with van der Waals surface area (Å²) in [5.41, 5.74) is -0.363. The maximum atomic E-state index is 12.3. The molecule has 0 saturated carbocycles. The second-order valence-corrected chi connectivity index (χ2v) is 4.90. The summed E-state index contributed by atoms with van der Waals surface area (Å²) in [5.74, 6) is 0.132. The molecule has 0 aliphatic carbocycles. The van der Waals surface area contributed by atoms with E-state index >= 15 is 0 Å². The summed E-state index contributed by atoms with van der Waals surface area (Å²) in [6, 6.07) is 0. The zero-order valence-electron chi connectivity index (χ0n) is 10.6. The van der Waals surface area contributed by atoms with E-state index in [1.54, 1.807) is 18.9 Å². The van der Waals surface area contributed by atoms with E-state index < -0.39 is 6.10 Å². The predicted octanol–water partition coefficient (Wildman–Crippen LogP) is 0.748. The van der Waals surface area contributed by atoms with Crippen molar-refractivity contribution < 1.29 is 9.90 Å². The quantitative estimate of drug-likeness (QED) is 0.730.